The molecule has 3 heteroatoms. The van der Waals surface area contributed by atoms with Gasteiger partial charge >= 0.3 is 0 Å². The smallest absolute Gasteiger partial charge is 0.263 e. The van der Waals surface area contributed by atoms with Gasteiger partial charge in [0.05, 0.1) is 0 Å². The summed E-state index contributed by atoms with van der Waals surface area (Å²) in [7, 11) is 0. The Hall–Kier alpha value is -2.03. The monoisotopic (exact) mass is 229 g/mol. The van der Waals surface area contributed by atoms with Crippen LogP contribution < -0.4 is 0 Å². The number of carbonyl (C=O) groups excluding carboxylic acids is 1. The van der Waals surface area contributed by atoms with Crippen molar-refractivity contribution in [2.24, 2.45) is 0 Å². The fraction of sp³-hybridized carbons (Fsp3) is 0.0714. The van der Waals surface area contributed by atoms with Gasteiger partial charge in [-0.25, -0.2) is 8.78 Å². The van der Waals surface area contributed by atoms with Gasteiger partial charge in [0.15, 0.2) is 5.78 Å². The Morgan fingerprint density at radius 2 is 1.47 bits per heavy atom. The van der Waals surface area contributed by atoms with Crippen molar-refractivity contribution in [3.63, 3.8) is 0 Å². The van der Waals surface area contributed by atoms with Gasteiger partial charge in [-0.2, -0.15) is 0 Å². The Balaban J connectivity index is 2.27. The molecule has 3 rings (SSSR count). The molecule has 0 N–H and O–H groups in total. The normalized spacial score (nSPS) is 14.4. The highest BCUT2D eigenvalue weighted by molar-refractivity contribution is 6.21. The number of rotatable bonds is 1. The Morgan fingerprint density at radius 3 is 2.18 bits per heavy atom. The fourth-order valence-corrected chi connectivity index (χ4v) is 2.18. The SMILES string of the molecule is O=C1c2ccccc2-c2cc(C(F)[18F])ccc21. The molecule has 2 aromatic rings. The summed E-state index contributed by atoms with van der Waals surface area (Å²) in [5.74, 6) is -0.0867. The van der Waals surface area contributed by atoms with Crippen molar-refractivity contribution in [1.29, 1.82) is 0 Å². The van der Waals surface area contributed by atoms with Gasteiger partial charge in [-0.1, -0.05) is 30.3 Å². The van der Waals surface area contributed by atoms with Crippen molar-refractivity contribution in [2.75, 3.05) is 0 Å². The van der Waals surface area contributed by atoms with Crippen LogP contribution >= 0.6 is 0 Å². The quantitative estimate of drug-likeness (QED) is 0.619. The molecule has 0 saturated carbocycles. The van der Waals surface area contributed by atoms with Crippen LogP contribution in [-0.4, -0.2) is 5.78 Å². The van der Waals surface area contributed by atoms with E-state index in [0.29, 0.717) is 16.7 Å². The summed E-state index contributed by atoms with van der Waals surface area (Å²) in [4.78, 5) is 12.0. The van der Waals surface area contributed by atoms with Gasteiger partial charge in [-0.05, 0) is 23.3 Å². The molecule has 0 aliphatic heterocycles. The number of fused-ring (bicyclic) bond motifs is 3. The molecule has 1 unspecified atom stereocenters. The third-order valence-electron chi connectivity index (χ3n) is 3.00. The third kappa shape index (κ3) is 1.39. The molecular weight excluding hydrogens is 221 g/mol. The molecule has 0 radical (unpaired) electrons. The molecular formula is C14H8F2O. The van der Waals surface area contributed by atoms with Crippen LogP contribution in [0.5, 0.6) is 0 Å². The first kappa shape index (κ1) is 10.1. The molecule has 1 aliphatic carbocycles. The number of ketones is 1. The molecule has 1 atom stereocenters. The van der Waals surface area contributed by atoms with E-state index in [1.165, 1.54) is 18.2 Å². The Labute approximate surface area is 96.7 Å². The maximum Gasteiger partial charge on any atom is 0.263 e. The van der Waals surface area contributed by atoms with Crippen LogP contribution in [0.1, 0.15) is 27.9 Å². The van der Waals surface area contributed by atoms with Gasteiger partial charge < -0.3 is 0 Å². The van der Waals surface area contributed by atoms with Gasteiger partial charge in [0.2, 0.25) is 0 Å². The van der Waals surface area contributed by atoms with Crippen LogP contribution in [0.15, 0.2) is 42.5 Å². The van der Waals surface area contributed by atoms with Crippen LogP contribution in [0.3, 0.4) is 0 Å². The third-order valence-corrected chi connectivity index (χ3v) is 3.00. The number of alkyl halides is 2. The van der Waals surface area contributed by atoms with Crippen molar-refractivity contribution in [3.05, 3.63) is 59.2 Å². The molecule has 1 aliphatic rings. The van der Waals surface area contributed by atoms with Gasteiger partial charge in [0, 0.05) is 16.7 Å². The number of hydrogen-bond acceptors (Lipinski definition) is 1. The molecule has 0 aromatic heterocycles. The number of halogens is 2. The van der Waals surface area contributed by atoms with E-state index in [1.807, 2.05) is 0 Å². The summed E-state index contributed by atoms with van der Waals surface area (Å²) in [6, 6.07) is 11.3. The number of hydrogen-bond donors (Lipinski definition) is 0. The summed E-state index contributed by atoms with van der Waals surface area (Å²) < 4.78 is 25.2. The zero-order valence-corrected chi connectivity index (χ0v) is 8.78. The van der Waals surface area contributed by atoms with Gasteiger partial charge in [0.1, 0.15) is 0 Å². The summed E-state index contributed by atoms with van der Waals surface area (Å²) >= 11 is 0. The molecule has 84 valence electrons. The Bertz CT molecular complexity index is 617. The lowest BCUT2D eigenvalue weighted by atomic mass is 10.0. The summed E-state index contributed by atoms with van der Waals surface area (Å²) in [6.45, 7) is 0. The van der Waals surface area contributed by atoms with E-state index >= 15 is 0 Å². The first-order valence-corrected chi connectivity index (χ1v) is 5.24. The molecule has 1 nitrogen and oxygen atoms in total. The first-order chi connectivity index (χ1) is 8.18. The minimum Gasteiger partial charge on any atom is -0.289 e. The van der Waals surface area contributed by atoms with Crippen molar-refractivity contribution >= 4 is 5.78 Å². The van der Waals surface area contributed by atoms with Crippen molar-refractivity contribution < 1.29 is 13.6 Å². The first-order valence-electron chi connectivity index (χ1n) is 5.24. The Kier molecular flexibility index (Phi) is 2.08. The molecule has 17 heavy (non-hydrogen) atoms. The molecule has 0 saturated heterocycles. The molecule has 0 spiro atoms. The maximum atomic E-state index is 12.6. The topological polar surface area (TPSA) is 17.1 Å². The predicted molar refractivity (Wildman–Crippen MR) is 60.3 cm³/mol. The average molecular weight is 229 g/mol. The van der Waals surface area contributed by atoms with Crippen molar-refractivity contribution in [2.45, 2.75) is 6.43 Å². The lowest BCUT2D eigenvalue weighted by Gasteiger charge is -2.03. The van der Waals surface area contributed by atoms with Gasteiger partial charge in [-0.15, -0.1) is 0 Å². The van der Waals surface area contributed by atoms with E-state index in [4.69, 9.17) is 0 Å². The highest BCUT2D eigenvalue weighted by atomic mass is 19.2. The van der Waals surface area contributed by atoms with Crippen LogP contribution in [0.2, 0.25) is 0 Å². The van der Waals surface area contributed by atoms with Crippen LogP contribution in [0.4, 0.5) is 8.78 Å². The fourth-order valence-electron chi connectivity index (χ4n) is 2.18. The maximum absolute atomic E-state index is 12.6. The highest BCUT2D eigenvalue weighted by Crippen LogP contribution is 2.38. The molecule has 2 aromatic carbocycles. The highest BCUT2D eigenvalue weighted by Gasteiger charge is 2.26. The predicted octanol–water partition coefficient (Wildman–Crippen LogP) is 3.84. The summed E-state index contributed by atoms with van der Waals surface area (Å²) in [5, 5.41) is 0. The van der Waals surface area contributed by atoms with E-state index in [-0.39, 0.29) is 11.3 Å². The minimum absolute atomic E-state index is 0.0479. The number of benzene rings is 2. The summed E-state index contributed by atoms with van der Waals surface area (Å²) in [5.41, 5.74) is 2.41. The van der Waals surface area contributed by atoms with E-state index in [1.54, 1.807) is 24.3 Å². The second-order valence-electron chi connectivity index (χ2n) is 3.98. The molecule has 0 amide bonds. The lowest BCUT2D eigenvalue weighted by Crippen LogP contribution is -1.95. The van der Waals surface area contributed by atoms with Crippen molar-refractivity contribution in [1.82, 2.24) is 0 Å². The van der Waals surface area contributed by atoms with Crippen LogP contribution in [-0.2, 0) is 0 Å². The number of carbonyl (C=O) groups is 1. The molecule has 0 fully saturated rings. The lowest BCUT2D eigenvalue weighted by molar-refractivity contribution is 0.104. The summed E-state index contributed by atoms with van der Waals surface area (Å²) in [6.07, 6.45) is -2.51. The second kappa shape index (κ2) is 3.48. The van der Waals surface area contributed by atoms with Crippen LogP contribution in [0, 0.1) is 0 Å². The molecule has 0 heterocycles. The van der Waals surface area contributed by atoms with Gasteiger partial charge in [0.25, 0.3) is 6.43 Å². The minimum atomic E-state index is -2.51. The standard InChI is InChI=1S/C14H8F2O/c15-14(16)8-5-6-11-12(7-8)9-3-1-2-4-10(9)13(11)17/h1-7,14H/i15-1. The van der Waals surface area contributed by atoms with Crippen molar-refractivity contribution in [3.8, 4) is 11.1 Å². The van der Waals surface area contributed by atoms with E-state index < -0.39 is 6.43 Å². The van der Waals surface area contributed by atoms with E-state index in [0.717, 1.165) is 5.56 Å². The van der Waals surface area contributed by atoms with E-state index in [2.05, 4.69) is 0 Å². The van der Waals surface area contributed by atoms with E-state index in [9.17, 15) is 13.6 Å². The Morgan fingerprint density at radius 1 is 0.824 bits per heavy atom. The van der Waals surface area contributed by atoms with Gasteiger partial charge in [-0.3, -0.25) is 4.79 Å². The largest absolute Gasteiger partial charge is 0.289 e. The van der Waals surface area contributed by atoms with Crippen LogP contribution in [0.25, 0.3) is 11.1 Å². The second-order valence-corrected chi connectivity index (χ2v) is 3.98. The zero-order valence-electron chi connectivity index (χ0n) is 8.78. The zero-order chi connectivity index (χ0) is 12.0. The average Bonchev–Trinajstić information content (AvgIpc) is 2.64. The molecule has 0 bridgehead atoms.